The summed E-state index contributed by atoms with van der Waals surface area (Å²) in [6, 6.07) is 6.15. The molecule has 1 N–H and O–H groups in total. The van der Waals surface area contributed by atoms with Crippen LogP contribution in [0.4, 0.5) is 0 Å². The molecular formula is C11H12BrNOS. The molecule has 1 fully saturated rings. The van der Waals surface area contributed by atoms with Crippen LogP contribution < -0.4 is 0 Å². The van der Waals surface area contributed by atoms with Crippen LogP contribution in [0.3, 0.4) is 0 Å². The van der Waals surface area contributed by atoms with Gasteiger partial charge in [0.25, 0.3) is 0 Å². The Morgan fingerprint density at radius 1 is 1.47 bits per heavy atom. The zero-order valence-electron chi connectivity index (χ0n) is 8.24. The standard InChI is InChI=1S/C11H12BrNOS/c12-9-4-3-8(15-9)10(14)11(7-13)5-1-2-6-11/h3-4,10,14H,1-2,5-6H2. The van der Waals surface area contributed by atoms with Gasteiger partial charge in [0, 0.05) is 4.88 Å². The molecule has 15 heavy (non-hydrogen) atoms. The molecule has 1 aromatic rings. The molecule has 80 valence electrons. The van der Waals surface area contributed by atoms with Gasteiger partial charge in [-0.05, 0) is 40.9 Å². The SMILES string of the molecule is N#CC1(C(O)c2ccc(Br)s2)CCCC1. The van der Waals surface area contributed by atoms with Gasteiger partial charge in [-0.2, -0.15) is 5.26 Å². The highest BCUT2D eigenvalue weighted by molar-refractivity contribution is 9.11. The average Bonchev–Trinajstić information content (AvgIpc) is 2.86. The number of nitriles is 1. The second kappa shape index (κ2) is 4.25. The minimum Gasteiger partial charge on any atom is -0.386 e. The van der Waals surface area contributed by atoms with Crippen molar-refractivity contribution in [3.8, 4) is 6.07 Å². The monoisotopic (exact) mass is 285 g/mol. The topological polar surface area (TPSA) is 44.0 Å². The number of halogens is 1. The number of nitrogens with zero attached hydrogens (tertiary/aromatic N) is 1. The van der Waals surface area contributed by atoms with E-state index >= 15 is 0 Å². The highest BCUT2D eigenvalue weighted by Gasteiger charge is 2.42. The summed E-state index contributed by atoms with van der Waals surface area (Å²) < 4.78 is 1.00. The molecule has 0 amide bonds. The Morgan fingerprint density at radius 3 is 2.60 bits per heavy atom. The first-order valence-corrected chi connectivity index (χ1v) is 6.63. The molecule has 1 saturated carbocycles. The Hall–Kier alpha value is -0.370. The van der Waals surface area contributed by atoms with E-state index in [1.165, 1.54) is 11.3 Å². The minimum atomic E-state index is -0.624. The van der Waals surface area contributed by atoms with Crippen molar-refractivity contribution in [1.29, 1.82) is 5.26 Å². The van der Waals surface area contributed by atoms with Gasteiger partial charge in [-0.1, -0.05) is 12.8 Å². The fourth-order valence-corrected chi connectivity index (χ4v) is 3.73. The first kappa shape index (κ1) is 11.1. The van der Waals surface area contributed by atoms with E-state index in [9.17, 15) is 10.4 Å². The van der Waals surface area contributed by atoms with Crippen LogP contribution in [0.1, 0.15) is 36.7 Å². The van der Waals surface area contributed by atoms with Gasteiger partial charge < -0.3 is 5.11 Å². The van der Waals surface area contributed by atoms with Gasteiger partial charge in [0.05, 0.1) is 15.3 Å². The molecule has 0 spiro atoms. The van der Waals surface area contributed by atoms with Crippen molar-refractivity contribution in [3.63, 3.8) is 0 Å². The Morgan fingerprint density at radius 2 is 2.13 bits per heavy atom. The van der Waals surface area contributed by atoms with E-state index in [0.717, 1.165) is 34.3 Å². The lowest BCUT2D eigenvalue weighted by Crippen LogP contribution is -2.23. The van der Waals surface area contributed by atoms with Crippen LogP contribution in [-0.4, -0.2) is 5.11 Å². The Labute approximate surface area is 102 Å². The van der Waals surface area contributed by atoms with E-state index in [4.69, 9.17) is 0 Å². The normalized spacial score (nSPS) is 21.1. The van der Waals surface area contributed by atoms with E-state index in [2.05, 4.69) is 22.0 Å². The lowest BCUT2D eigenvalue weighted by Gasteiger charge is -2.25. The van der Waals surface area contributed by atoms with Crippen molar-refractivity contribution in [1.82, 2.24) is 0 Å². The van der Waals surface area contributed by atoms with E-state index in [0.29, 0.717) is 0 Å². The molecule has 1 unspecified atom stereocenters. The van der Waals surface area contributed by atoms with Crippen LogP contribution in [0.25, 0.3) is 0 Å². The fraction of sp³-hybridized carbons (Fsp3) is 0.545. The van der Waals surface area contributed by atoms with Gasteiger partial charge in [-0.3, -0.25) is 0 Å². The van der Waals surface area contributed by atoms with Crippen LogP contribution in [0.15, 0.2) is 15.9 Å². The maximum atomic E-state index is 10.3. The van der Waals surface area contributed by atoms with Crippen LogP contribution in [0.5, 0.6) is 0 Å². The lowest BCUT2D eigenvalue weighted by atomic mass is 9.81. The van der Waals surface area contributed by atoms with E-state index < -0.39 is 11.5 Å². The third-order valence-corrected chi connectivity index (χ3v) is 4.78. The number of aliphatic hydroxyl groups is 1. The van der Waals surface area contributed by atoms with Crippen LogP contribution in [0, 0.1) is 16.7 Å². The summed E-state index contributed by atoms with van der Waals surface area (Å²) in [5.74, 6) is 0. The zero-order chi connectivity index (χ0) is 10.9. The number of hydrogen-bond donors (Lipinski definition) is 1. The van der Waals surface area contributed by atoms with Crippen LogP contribution in [-0.2, 0) is 0 Å². The summed E-state index contributed by atoms with van der Waals surface area (Å²) in [6.45, 7) is 0. The van der Waals surface area contributed by atoms with Gasteiger partial charge in [-0.15, -0.1) is 11.3 Å². The first-order chi connectivity index (χ1) is 7.18. The molecule has 2 nitrogen and oxygen atoms in total. The molecular weight excluding hydrogens is 274 g/mol. The molecule has 0 aliphatic heterocycles. The van der Waals surface area contributed by atoms with E-state index in [1.807, 2.05) is 12.1 Å². The van der Waals surface area contributed by atoms with E-state index in [1.54, 1.807) is 0 Å². The molecule has 0 aromatic carbocycles. The highest BCUT2D eigenvalue weighted by atomic mass is 79.9. The molecule has 0 bridgehead atoms. The molecule has 1 heterocycles. The molecule has 1 aliphatic rings. The Kier molecular flexibility index (Phi) is 3.15. The van der Waals surface area contributed by atoms with Gasteiger partial charge in [0.2, 0.25) is 0 Å². The number of thiophene rings is 1. The summed E-state index contributed by atoms with van der Waals surface area (Å²) in [5, 5.41) is 19.5. The van der Waals surface area contributed by atoms with Crippen molar-refractivity contribution >= 4 is 27.3 Å². The van der Waals surface area contributed by atoms with Crippen molar-refractivity contribution in [2.45, 2.75) is 31.8 Å². The first-order valence-electron chi connectivity index (χ1n) is 5.02. The number of hydrogen-bond acceptors (Lipinski definition) is 3. The minimum absolute atomic E-state index is 0.537. The summed E-state index contributed by atoms with van der Waals surface area (Å²) in [6.07, 6.45) is 3.12. The molecule has 1 atom stereocenters. The maximum absolute atomic E-state index is 10.3. The fourth-order valence-electron chi connectivity index (χ4n) is 2.20. The summed E-state index contributed by atoms with van der Waals surface area (Å²) >= 11 is 4.89. The number of rotatable bonds is 2. The van der Waals surface area contributed by atoms with Crippen molar-refractivity contribution < 1.29 is 5.11 Å². The predicted molar refractivity (Wildman–Crippen MR) is 63.5 cm³/mol. The van der Waals surface area contributed by atoms with Crippen molar-refractivity contribution in [2.75, 3.05) is 0 Å². The molecule has 0 saturated heterocycles. The smallest absolute Gasteiger partial charge is 0.107 e. The second-order valence-corrected chi connectivity index (χ2v) is 6.51. The quantitative estimate of drug-likeness (QED) is 0.902. The van der Waals surface area contributed by atoms with Gasteiger partial charge >= 0.3 is 0 Å². The molecule has 4 heteroatoms. The molecule has 2 rings (SSSR count). The maximum Gasteiger partial charge on any atom is 0.107 e. The van der Waals surface area contributed by atoms with Gasteiger partial charge in [0.1, 0.15) is 6.10 Å². The Balaban J connectivity index is 2.26. The van der Waals surface area contributed by atoms with Crippen LogP contribution >= 0.6 is 27.3 Å². The summed E-state index contributed by atoms with van der Waals surface area (Å²) in [5.41, 5.74) is -0.537. The largest absolute Gasteiger partial charge is 0.386 e. The van der Waals surface area contributed by atoms with Crippen LogP contribution in [0.2, 0.25) is 0 Å². The average molecular weight is 286 g/mol. The predicted octanol–water partition coefficient (Wildman–Crippen LogP) is 3.63. The van der Waals surface area contributed by atoms with Crippen molar-refractivity contribution in [3.05, 3.63) is 20.8 Å². The second-order valence-electron chi connectivity index (χ2n) is 4.02. The zero-order valence-corrected chi connectivity index (χ0v) is 10.6. The molecule has 1 aliphatic carbocycles. The summed E-state index contributed by atoms with van der Waals surface area (Å²) in [7, 11) is 0. The summed E-state index contributed by atoms with van der Waals surface area (Å²) in [4.78, 5) is 0.894. The lowest BCUT2D eigenvalue weighted by molar-refractivity contribution is 0.0702. The highest BCUT2D eigenvalue weighted by Crippen LogP contribution is 2.48. The van der Waals surface area contributed by atoms with E-state index in [-0.39, 0.29) is 0 Å². The number of aliphatic hydroxyl groups excluding tert-OH is 1. The third-order valence-electron chi connectivity index (χ3n) is 3.11. The molecule has 0 radical (unpaired) electrons. The van der Waals surface area contributed by atoms with Crippen molar-refractivity contribution in [2.24, 2.45) is 5.41 Å². The third kappa shape index (κ3) is 1.96. The Bertz CT molecular complexity index is 390. The van der Waals surface area contributed by atoms with Gasteiger partial charge in [0.15, 0.2) is 0 Å². The van der Waals surface area contributed by atoms with Gasteiger partial charge in [-0.25, -0.2) is 0 Å². The molecule has 1 aromatic heterocycles.